The van der Waals surface area contributed by atoms with Gasteiger partial charge >= 0.3 is 12.1 Å². The van der Waals surface area contributed by atoms with Crippen molar-refractivity contribution in [2.24, 2.45) is 5.11 Å². The SMILES string of the molecule is C=CCOC(=O)[C@@H](NC(=O)OCC1c2ccccc2-c2ccccc21)[C@@H](C)O[C@H]1O[C@H](CO[C@@H]2O[C@H](COCc3ccccc3)[C@@H](O[C@@H]3O[C@@H]4COC(c5ccccc5)O[C@@H]4[C@H](OCc4ccccc4)[C@H]3OCc3ccccc3)[C@H](OCc3ccccc3)[C@H]2NC(C)=O)[C@H](O)[C@H](O[C@@H]2O[C@H](COCc3ccccc3)[C@H](OCc3ccccc3)[C@H](OCc3ccccc3)[C@H]2OCc2ccccc2)[C@H]1N=[N+]=[N-]. The van der Waals surface area contributed by atoms with Gasteiger partial charge in [-0.15, -0.1) is 0 Å². The van der Waals surface area contributed by atoms with Gasteiger partial charge in [0.15, 0.2) is 37.5 Å². The van der Waals surface area contributed by atoms with Crippen LogP contribution in [0.4, 0.5) is 4.79 Å². The zero-order valence-corrected chi connectivity index (χ0v) is 77.8. The number of hydrogen-bond donors (Lipinski definition) is 3. The number of ether oxygens (including phenoxy) is 20. The average Bonchev–Trinajstić information content (AvgIpc) is 1.34. The Morgan fingerprint density at radius 3 is 1.33 bits per heavy atom. The second-order valence-electron chi connectivity index (χ2n) is 35.1. The van der Waals surface area contributed by atoms with Crippen molar-refractivity contribution in [2.75, 3.05) is 39.6 Å². The second kappa shape index (κ2) is 50.4. The van der Waals surface area contributed by atoms with Crippen LogP contribution in [0.5, 0.6) is 0 Å². The number of benzene rings is 11. The van der Waals surface area contributed by atoms with Crippen molar-refractivity contribution >= 4 is 18.0 Å². The number of carbonyl (C=O) groups excluding carboxylic acids is 3. The molecule has 11 aromatic rings. The molecule has 1 aliphatic carbocycles. The molecular formula is C111H117N5O24. The molecule has 5 aliphatic heterocycles. The first-order chi connectivity index (χ1) is 68.8. The molecule has 5 fully saturated rings. The van der Waals surface area contributed by atoms with Gasteiger partial charge in [0.2, 0.25) is 5.91 Å². The zero-order valence-electron chi connectivity index (χ0n) is 77.8. The molecular weight excluding hydrogens is 1790 g/mol. The summed E-state index contributed by atoms with van der Waals surface area (Å²) in [5.41, 5.74) is 22.3. The van der Waals surface area contributed by atoms with E-state index >= 15 is 0 Å². The maximum atomic E-state index is 14.8. The first-order valence-corrected chi connectivity index (χ1v) is 47.4. The molecule has 29 nitrogen and oxygen atoms in total. The van der Waals surface area contributed by atoms with Crippen LogP contribution in [-0.2, 0) is 157 Å². The van der Waals surface area contributed by atoms with Gasteiger partial charge in [0.05, 0.1) is 85.4 Å². The molecule has 3 N–H and O–H groups in total. The van der Waals surface area contributed by atoms with Crippen molar-refractivity contribution in [1.82, 2.24) is 10.6 Å². The first-order valence-electron chi connectivity index (χ1n) is 47.4. The lowest BCUT2D eigenvalue weighted by atomic mass is 9.94. The van der Waals surface area contributed by atoms with Gasteiger partial charge in [0, 0.05) is 23.3 Å². The number of azide groups is 1. The van der Waals surface area contributed by atoms with Gasteiger partial charge < -0.3 is 110 Å². The fourth-order valence-corrected chi connectivity index (χ4v) is 18.4. The Kier molecular flexibility index (Phi) is 35.8. The van der Waals surface area contributed by atoms with Crippen LogP contribution >= 0.6 is 0 Å². The lowest BCUT2D eigenvalue weighted by Crippen LogP contribution is -2.69. The Balaban J connectivity index is 0.746. The number of amides is 2. The predicted octanol–water partition coefficient (Wildman–Crippen LogP) is 16.3. The quantitative estimate of drug-likeness (QED) is 0.0105. The van der Waals surface area contributed by atoms with Crippen molar-refractivity contribution in [3.8, 4) is 11.1 Å². The van der Waals surface area contributed by atoms with E-state index in [0.717, 1.165) is 72.3 Å². The lowest BCUT2D eigenvalue weighted by Gasteiger charge is -2.52. The molecule has 23 atom stereocenters. The number of hydrogen-bond acceptors (Lipinski definition) is 25. The molecule has 5 saturated heterocycles. The minimum absolute atomic E-state index is 0.0234. The van der Waals surface area contributed by atoms with Crippen molar-refractivity contribution in [3.05, 3.63) is 406 Å². The number of rotatable bonds is 45. The minimum Gasteiger partial charge on any atom is -0.460 e. The lowest BCUT2D eigenvalue weighted by molar-refractivity contribution is -0.392. The fourth-order valence-electron chi connectivity index (χ4n) is 18.4. The van der Waals surface area contributed by atoms with Crippen molar-refractivity contribution < 1.29 is 114 Å². The summed E-state index contributed by atoms with van der Waals surface area (Å²) in [7, 11) is 0. The van der Waals surface area contributed by atoms with Crippen LogP contribution in [-0.4, -0.2) is 198 Å². The summed E-state index contributed by atoms with van der Waals surface area (Å²) >= 11 is 0. The number of nitrogens with one attached hydrogen (secondary N) is 2. The highest BCUT2D eigenvalue weighted by Crippen LogP contribution is 2.46. The number of fused-ring (bicyclic) bond motifs is 4. The van der Waals surface area contributed by atoms with Crippen LogP contribution < -0.4 is 10.6 Å². The molecule has 17 rings (SSSR count). The van der Waals surface area contributed by atoms with Crippen molar-refractivity contribution in [1.29, 1.82) is 0 Å². The van der Waals surface area contributed by atoms with E-state index in [1.807, 2.05) is 322 Å². The summed E-state index contributed by atoms with van der Waals surface area (Å²) in [6, 6.07) is 97.2. The fraction of sp³-hybridized carbons (Fsp3) is 0.360. The number of nitrogens with zero attached hydrogens (tertiary/aromatic N) is 3. The number of carbonyl (C=O) groups is 3. The Labute approximate surface area is 813 Å². The summed E-state index contributed by atoms with van der Waals surface area (Å²) in [6.07, 6.45) is -25.8. The van der Waals surface area contributed by atoms with Gasteiger partial charge in [0.25, 0.3) is 0 Å². The number of alkyl carbamates (subject to hydrolysis) is 1. The molecule has 11 aromatic carbocycles. The molecule has 0 saturated carbocycles. The standard InChI is InChI=1S/C111H117N5O24/c1-4-58-123-105(119)92(114-111(120)132-67-87-85-56-34-32-54-83(85)84-55-33-35-57-86(84)87)72(2)133-108-94(115-116-112)99(140-110-103(128-65-80-48-26-11-27-49-80)101(126-63-78-44-22-9-23-45-78)96(124-61-76-40-18-7-19-41-76)89(136-110)68-121-59-74-36-14-5-15-37-74)95(118)88(134-108)70-131-107-93(113-73(3)117)100(125-62-77-42-20-8-21-43-77)97(90(135-107)69-122-60-75-38-16-6-17-39-75)139-109-104(129-66-81-50-28-12-29-51-81)102(127-64-79-46-24-10-25-47-79)98-91(137-109)71-130-106(138-98)82-52-30-13-31-53-82/h4-57,72,87-104,106-110,118H,1,58-71H2,2-3H3,(H,113,117)(H,114,120)/t72-,88-,89-,90-,91-,92+,93-,94-,95+,96+,97-,98+,99-,100-,101+,102+,103-,104-,106?,107-,108+,109+,110+/m1/s1. The maximum absolute atomic E-state index is 14.8. The molecule has 0 bridgehead atoms. The molecule has 140 heavy (non-hydrogen) atoms. The molecule has 0 aromatic heterocycles. The minimum atomic E-state index is -1.95. The Bertz CT molecular complexity index is 5660. The van der Waals surface area contributed by atoms with Crippen LogP contribution in [0.25, 0.3) is 21.6 Å². The molecule has 0 spiro atoms. The van der Waals surface area contributed by atoms with Crippen LogP contribution in [0.1, 0.15) is 87.3 Å². The summed E-state index contributed by atoms with van der Waals surface area (Å²) in [4.78, 5) is 47.3. The van der Waals surface area contributed by atoms with Crippen LogP contribution in [0.2, 0.25) is 0 Å². The normalized spacial score (nSPS) is 26.3. The summed E-state index contributed by atoms with van der Waals surface area (Å²) in [5, 5.41) is 24.1. The molecule has 29 heteroatoms. The van der Waals surface area contributed by atoms with Gasteiger partial charge in [-0.25, -0.2) is 9.59 Å². The van der Waals surface area contributed by atoms with Crippen LogP contribution in [0, 0.1) is 0 Å². The Morgan fingerprint density at radius 2 is 0.843 bits per heavy atom. The van der Waals surface area contributed by atoms with Gasteiger partial charge in [-0.3, -0.25) is 4.79 Å². The van der Waals surface area contributed by atoms with Crippen molar-refractivity contribution in [2.45, 2.75) is 214 Å². The Morgan fingerprint density at radius 1 is 0.436 bits per heavy atom. The third kappa shape index (κ3) is 26.2. The van der Waals surface area contributed by atoms with E-state index in [0.29, 0.717) is 0 Å². The van der Waals surface area contributed by atoms with E-state index in [1.165, 1.54) is 19.9 Å². The monoisotopic (exact) mass is 1900 g/mol. The van der Waals surface area contributed by atoms with E-state index in [2.05, 4.69) is 27.2 Å². The van der Waals surface area contributed by atoms with E-state index in [-0.39, 0.29) is 91.8 Å². The smallest absolute Gasteiger partial charge is 0.407 e. The number of esters is 1. The van der Waals surface area contributed by atoms with E-state index in [4.69, 9.17) is 94.7 Å². The average molecular weight is 1910 g/mol. The summed E-state index contributed by atoms with van der Waals surface area (Å²) < 4.78 is 140. The number of aliphatic hydroxyl groups excluding tert-OH is 1. The van der Waals surface area contributed by atoms with Crippen LogP contribution in [0.3, 0.4) is 0 Å². The zero-order chi connectivity index (χ0) is 96.1. The highest BCUT2D eigenvalue weighted by atomic mass is 16.8. The highest BCUT2D eigenvalue weighted by Gasteiger charge is 2.59. The molecule has 730 valence electrons. The van der Waals surface area contributed by atoms with E-state index in [9.17, 15) is 25.0 Å². The molecule has 6 aliphatic rings. The van der Waals surface area contributed by atoms with Gasteiger partial charge in [0.1, 0.15) is 111 Å². The second-order valence-corrected chi connectivity index (χ2v) is 35.1. The predicted molar refractivity (Wildman–Crippen MR) is 513 cm³/mol. The molecule has 2 amide bonds. The molecule has 0 radical (unpaired) electrons. The summed E-state index contributed by atoms with van der Waals surface area (Å²) in [6.45, 7) is 5.54. The van der Waals surface area contributed by atoms with E-state index < -0.39 is 166 Å². The maximum Gasteiger partial charge on any atom is 0.407 e. The third-order valence-electron chi connectivity index (χ3n) is 25.3. The third-order valence-corrected chi connectivity index (χ3v) is 25.3. The largest absolute Gasteiger partial charge is 0.460 e. The molecule has 1 unspecified atom stereocenters. The van der Waals surface area contributed by atoms with Gasteiger partial charge in [-0.2, -0.15) is 0 Å². The van der Waals surface area contributed by atoms with Gasteiger partial charge in [-0.1, -0.05) is 339 Å². The number of aliphatic hydroxyl groups is 1. The summed E-state index contributed by atoms with van der Waals surface area (Å²) in [5.74, 6) is -1.91. The van der Waals surface area contributed by atoms with Crippen LogP contribution in [0.15, 0.2) is 339 Å². The topological polar surface area (TPSA) is 329 Å². The highest BCUT2D eigenvalue weighted by molar-refractivity contribution is 5.83. The van der Waals surface area contributed by atoms with E-state index in [1.54, 1.807) is 0 Å². The van der Waals surface area contributed by atoms with Crippen molar-refractivity contribution in [3.63, 3.8) is 0 Å². The van der Waals surface area contributed by atoms with Gasteiger partial charge in [-0.05, 0) is 79.2 Å². The first kappa shape index (κ1) is 99.5. The Hall–Kier alpha value is -12.1. The molecule has 5 heterocycles.